The predicted octanol–water partition coefficient (Wildman–Crippen LogP) is 4.39. The molecule has 5 nitrogen and oxygen atoms in total. The fraction of sp³-hybridized carbons (Fsp3) is 0.286. The Morgan fingerprint density at radius 3 is 2.77 bits per heavy atom. The molecule has 1 fully saturated rings. The molecule has 0 atom stereocenters. The highest BCUT2D eigenvalue weighted by Crippen LogP contribution is 2.34. The summed E-state index contributed by atoms with van der Waals surface area (Å²) in [4.78, 5) is 12.2. The number of amides is 1. The average Bonchev–Trinajstić information content (AvgIpc) is 3.32. The fourth-order valence-corrected chi connectivity index (χ4v) is 3.23. The molecule has 2 aromatic carbocycles. The van der Waals surface area contributed by atoms with E-state index < -0.39 is 0 Å². The van der Waals surface area contributed by atoms with Crippen LogP contribution in [0, 0.1) is 0 Å². The Balaban J connectivity index is 1.41. The van der Waals surface area contributed by atoms with Crippen LogP contribution in [0.4, 0.5) is 5.69 Å². The molecule has 0 spiro atoms. The van der Waals surface area contributed by atoms with Gasteiger partial charge in [0.2, 0.25) is 12.7 Å². The number of hydrogen-bond acceptors (Lipinski definition) is 4. The van der Waals surface area contributed by atoms with Gasteiger partial charge < -0.3 is 19.5 Å². The van der Waals surface area contributed by atoms with Gasteiger partial charge in [-0.1, -0.05) is 18.2 Å². The van der Waals surface area contributed by atoms with Gasteiger partial charge in [0.25, 0.3) is 0 Å². The Morgan fingerprint density at radius 1 is 1.08 bits per heavy atom. The number of ether oxygens (including phenoxy) is 3. The summed E-state index contributed by atoms with van der Waals surface area (Å²) in [5.74, 6) is 1.95. The summed E-state index contributed by atoms with van der Waals surface area (Å²) in [5, 5.41) is 2.83. The SMILES string of the molecule is O=C(/C=C\c1ccccc1OC1CCCC1)Nc1ccc2c(c1)OCO2. The minimum Gasteiger partial charge on any atom is -0.490 e. The zero-order valence-electron chi connectivity index (χ0n) is 14.4. The molecule has 0 radical (unpaired) electrons. The highest BCUT2D eigenvalue weighted by molar-refractivity contribution is 6.02. The van der Waals surface area contributed by atoms with Crippen molar-refractivity contribution in [3.05, 3.63) is 54.1 Å². The van der Waals surface area contributed by atoms with E-state index in [0.717, 1.165) is 24.2 Å². The third-order valence-corrected chi connectivity index (χ3v) is 4.57. The lowest BCUT2D eigenvalue weighted by Gasteiger charge is -2.15. The van der Waals surface area contributed by atoms with Gasteiger partial charge in [-0.15, -0.1) is 0 Å². The molecule has 2 aromatic rings. The minimum absolute atomic E-state index is 0.209. The summed E-state index contributed by atoms with van der Waals surface area (Å²) in [5.41, 5.74) is 1.57. The molecule has 0 bridgehead atoms. The normalized spacial score (nSPS) is 16.2. The second-order valence-electron chi connectivity index (χ2n) is 6.45. The molecule has 1 saturated carbocycles. The molecule has 1 N–H and O–H groups in total. The van der Waals surface area contributed by atoms with Crippen molar-refractivity contribution in [2.45, 2.75) is 31.8 Å². The standard InChI is InChI=1S/C21H21NO4/c23-21(22-16-10-11-19-20(13-16)25-14-24-19)12-9-15-5-1-4-8-18(15)26-17-6-2-3-7-17/h1,4-5,8-13,17H,2-3,6-7,14H2,(H,22,23)/b12-9-. The Kier molecular flexibility index (Phi) is 4.78. The van der Waals surface area contributed by atoms with Crippen LogP contribution in [0.2, 0.25) is 0 Å². The van der Waals surface area contributed by atoms with Crippen LogP contribution in [0.3, 0.4) is 0 Å². The van der Waals surface area contributed by atoms with E-state index in [2.05, 4.69) is 5.32 Å². The summed E-state index contributed by atoms with van der Waals surface area (Å²) < 4.78 is 16.7. The second kappa shape index (κ2) is 7.52. The van der Waals surface area contributed by atoms with Gasteiger partial charge in [0, 0.05) is 23.4 Å². The van der Waals surface area contributed by atoms with Crippen LogP contribution in [-0.4, -0.2) is 18.8 Å². The van der Waals surface area contributed by atoms with E-state index in [0.29, 0.717) is 17.2 Å². The number of para-hydroxylation sites is 1. The van der Waals surface area contributed by atoms with Crippen molar-refractivity contribution in [3.63, 3.8) is 0 Å². The van der Waals surface area contributed by atoms with Crippen LogP contribution in [0.1, 0.15) is 31.2 Å². The van der Waals surface area contributed by atoms with Gasteiger partial charge in [-0.3, -0.25) is 4.79 Å². The number of anilines is 1. The molecule has 26 heavy (non-hydrogen) atoms. The Bertz CT molecular complexity index is 825. The molecule has 1 aliphatic carbocycles. The van der Waals surface area contributed by atoms with Crippen LogP contribution in [0.15, 0.2) is 48.5 Å². The topological polar surface area (TPSA) is 56.8 Å². The van der Waals surface area contributed by atoms with Crippen LogP contribution < -0.4 is 19.5 Å². The van der Waals surface area contributed by atoms with Crippen molar-refractivity contribution in [1.82, 2.24) is 0 Å². The number of fused-ring (bicyclic) bond motifs is 1. The summed E-state index contributed by atoms with van der Waals surface area (Å²) >= 11 is 0. The Morgan fingerprint density at radius 2 is 1.88 bits per heavy atom. The van der Waals surface area contributed by atoms with Crippen molar-refractivity contribution >= 4 is 17.7 Å². The monoisotopic (exact) mass is 351 g/mol. The molecule has 134 valence electrons. The maximum Gasteiger partial charge on any atom is 0.248 e. The highest BCUT2D eigenvalue weighted by atomic mass is 16.7. The Hall–Kier alpha value is -2.95. The van der Waals surface area contributed by atoms with Gasteiger partial charge in [0.05, 0.1) is 6.10 Å². The lowest BCUT2D eigenvalue weighted by molar-refractivity contribution is -0.111. The van der Waals surface area contributed by atoms with Gasteiger partial charge in [-0.25, -0.2) is 0 Å². The number of nitrogens with one attached hydrogen (secondary N) is 1. The molecule has 0 saturated heterocycles. The molecular formula is C21H21NO4. The van der Waals surface area contributed by atoms with Gasteiger partial charge >= 0.3 is 0 Å². The first-order chi connectivity index (χ1) is 12.8. The van der Waals surface area contributed by atoms with Crippen molar-refractivity contribution in [3.8, 4) is 17.2 Å². The number of carbonyl (C=O) groups is 1. The second-order valence-corrected chi connectivity index (χ2v) is 6.45. The molecule has 1 heterocycles. The Labute approximate surface area is 152 Å². The molecule has 5 heteroatoms. The van der Waals surface area contributed by atoms with Crippen molar-refractivity contribution in [1.29, 1.82) is 0 Å². The summed E-state index contributed by atoms with van der Waals surface area (Å²) in [6.45, 7) is 0.213. The van der Waals surface area contributed by atoms with E-state index in [4.69, 9.17) is 14.2 Å². The minimum atomic E-state index is -0.209. The smallest absolute Gasteiger partial charge is 0.248 e. The predicted molar refractivity (Wildman–Crippen MR) is 99.6 cm³/mol. The van der Waals surface area contributed by atoms with E-state index in [-0.39, 0.29) is 18.8 Å². The van der Waals surface area contributed by atoms with Gasteiger partial charge in [-0.05, 0) is 50.0 Å². The van der Waals surface area contributed by atoms with E-state index in [9.17, 15) is 4.79 Å². The number of benzene rings is 2. The van der Waals surface area contributed by atoms with Crippen molar-refractivity contribution in [2.24, 2.45) is 0 Å². The highest BCUT2D eigenvalue weighted by Gasteiger charge is 2.17. The molecule has 1 aliphatic heterocycles. The molecular weight excluding hydrogens is 330 g/mol. The zero-order valence-corrected chi connectivity index (χ0v) is 14.4. The van der Waals surface area contributed by atoms with E-state index in [1.165, 1.54) is 18.9 Å². The molecule has 4 rings (SSSR count). The molecule has 1 amide bonds. The van der Waals surface area contributed by atoms with Crippen LogP contribution >= 0.6 is 0 Å². The first-order valence-electron chi connectivity index (χ1n) is 8.92. The molecule has 0 aromatic heterocycles. The first kappa shape index (κ1) is 16.5. The molecule has 0 unspecified atom stereocenters. The number of rotatable bonds is 5. The largest absolute Gasteiger partial charge is 0.490 e. The lowest BCUT2D eigenvalue weighted by atomic mass is 10.1. The fourth-order valence-electron chi connectivity index (χ4n) is 3.23. The third kappa shape index (κ3) is 3.82. The van der Waals surface area contributed by atoms with Crippen LogP contribution in [-0.2, 0) is 4.79 Å². The molecule has 2 aliphatic rings. The average molecular weight is 351 g/mol. The third-order valence-electron chi connectivity index (χ3n) is 4.57. The first-order valence-corrected chi connectivity index (χ1v) is 8.92. The van der Waals surface area contributed by atoms with E-state index in [1.807, 2.05) is 24.3 Å². The lowest BCUT2D eigenvalue weighted by Crippen LogP contribution is -2.11. The van der Waals surface area contributed by atoms with Crippen molar-refractivity contribution < 1.29 is 19.0 Å². The maximum atomic E-state index is 12.2. The number of carbonyl (C=O) groups excluding carboxylic acids is 1. The van der Waals surface area contributed by atoms with Gasteiger partial charge in [0.1, 0.15) is 5.75 Å². The summed E-state index contributed by atoms with van der Waals surface area (Å²) in [7, 11) is 0. The van der Waals surface area contributed by atoms with Crippen LogP contribution in [0.25, 0.3) is 6.08 Å². The van der Waals surface area contributed by atoms with E-state index in [1.54, 1.807) is 24.3 Å². The van der Waals surface area contributed by atoms with Gasteiger partial charge in [0.15, 0.2) is 11.5 Å². The number of hydrogen-bond donors (Lipinski definition) is 1. The van der Waals surface area contributed by atoms with Gasteiger partial charge in [-0.2, -0.15) is 0 Å². The maximum absolute atomic E-state index is 12.2. The van der Waals surface area contributed by atoms with Crippen molar-refractivity contribution in [2.75, 3.05) is 12.1 Å². The van der Waals surface area contributed by atoms with Crippen LogP contribution in [0.5, 0.6) is 17.2 Å². The van der Waals surface area contributed by atoms with E-state index >= 15 is 0 Å². The zero-order chi connectivity index (χ0) is 17.8. The summed E-state index contributed by atoms with van der Waals surface area (Å²) in [6, 6.07) is 13.1. The quantitative estimate of drug-likeness (QED) is 0.812. The summed E-state index contributed by atoms with van der Waals surface area (Å²) in [6.07, 6.45) is 8.23.